The van der Waals surface area contributed by atoms with Crippen molar-refractivity contribution in [2.45, 2.75) is 52.4 Å². The van der Waals surface area contributed by atoms with Crippen molar-refractivity contribution in [3.63, 3.8) is 0 Å². The van der Waals surface area contributed by atoms with Crippen LogP contribution < -0.4 is 5.32 Å². The fourth-order valence-corrected chi connectivity index (χ4v) is 3.83. The second-order valence-electron chi connectivity index (χ2n) is 6.16. The summed E-state index contributed by atoms with van der Waals surface area (Å²) in [5.41, 5.74) is 1.49. The van der Waals surface area contributed by atoms with Gasteiger partial charge in [-0.1, -0.05) is 20.8 Å². The Morgan fingerprint density at radius 3 is 2.47 bits per heavy atom. The predicted octanol–water partition coefficient (Wildman–Crippen LogP) is 3.29. The van der Waals surface area contributed by atoms with Gasteiger partial charge in [-0.05, 0) is 38.8 Å². The summed E-state index contributed by atoms with van der Waals surface area (Å²) < 4.78 is 0. The van der Waals surface area contributed by atoms with Gasteiger partial charge < -0.3 is 5.32 Å². The summed E-state index contributed by atoms with van der Waals surface area (Å²) in [7, 11) is 0. The molecule has 0 amide bonds. The standard InChI is InChI=1S/C14H24N2S/c1-10-13(14(2,3)4)16-12(17-10)9-11-5-7-15-8-6-11/h11,15H,5-9H2,1-4H3. The Kier molecular flexibility index (Phi) is 3.88. The largest absolute Gasteiger partial charge is 0.317 e. The molecule has 2 heterocycles. The SMILES string of the molecule is Cc1sc(CC2CCNCC2)nc1C(C)(C)C. The molecule has 1 aromatic heterocycles. The second kappa shape index (κ2) is 5.07. The summed E-state index contributed by atoms with van der Waals surface area (Å²) >= 11 is 1.90. The van der Waals surface area contributed by atoms with Crippen molar-refractivity contribution in [2.24, 2.45) is 5.92 Å². The van der Waals surface area contributed by atoms with Crippen molar-refractivity contribution >= 4 is 11.3 Å². The molecule has 1 fully saturated rings. The number of nitrogens with one attached hydrogen (secondary N) is 1. The highest BCUT2D eigenvalue weighted by Crippen LogP contribution is 2.30. The maximum atomic E-state index is 4.87. The molecule has 96 valence electrons. The quantitative estimate of drug-likeness (QED) is 0.873. The number of aryl methyl sites for hydroxylation is 1. The molecule has 3 heteroatoms. The molecule has 1 aliphatic heterocycles. The summed E-state index contributed by atoms with van der Waals surface area (Å²) in [6.45, 7) is 11.3. The van der Waals surface area contributed by atoms with Gasteiger partial charge in [-0.25, -0.2) is 4.98 Å². The Morgan fingerprint density at radius 1 is 1.29 bits per heavy atom. The molecule has 0 radical (unpaired) electrons. The van der Waals surface area contributed by atoms with Crippen molar-refractivity contribution in [3.8, 4) is 0 Å². The van der Waals surface area contributed by atoms with Crippen molar-refractivity contribution in [1.82, 2.24) is 10.3 Å². The second-order valence-corrected chi connectivity index (χ2v) is 7.45. The van der Waals surface area contributed by atoms with E-state index in [2.05, 4.69) is 33.0 Å². The third-order valence-corrected chi connectivity index (χ3v) is 4.47. The highest BCUT2D eigenvalue weighted by Gasteiger charge is 2.22. The molecule has 1 N–H and O–H groups in total. The Balaban J connectivity index is 2.06. The van der Waals surface area contributed by atoms with Gasteiger partial charge >= 0.3 is 0 Å². The minimum absolute atomic E-state index is 0.187. The maximum absolute atomic E-state index is 4.87. The van der Waals surface area contributed by atoms with Crippen LogP contribution in [0.3, 0.4) is 0 Å². The molecule has 17 heavy (non-hydrogen) atoms. The van der Waals surface area contributed by atoms with Crippen LogP contribution in [0.2, 0.25) is 0 Å². The molecule has 0 saturated carbocycles. The number of hydrogen-bond acceptors (Lipinski definition) is 3. The fraction of sp³-hybridized carbons (Fsp3) is 0.786. The molecular formula is C14H24N2S. The highest BCUT2D eigenvalue weighted by atomic mass is 32.1. The van der Waals surface area contributed by atoms with Crippen LogP contribution >= 0.6 is 11.3 Å². The van der Waals surface area contributed by atoms with E-state index in [1.54, 1.807) is 0 Å². The molecule has 0 aliphatic carbocycles. The summed E-state index contributed by atoms with van der Waals surface area (Å²) in [5, 5.41) is 4.77. The van der Waals surface area contributed by atoms with Crippen LogP contribution in [-0.4, -0.2) is 18.1 Å². The van der Waals surface area contributed by atoms with Crippen LogP contribution in [0.4, 0.5) is 0 Å². The molecule has 0 atom stereocenters. The van der Waals surface area contributed by atoms with Gasteiger partial charge in [-0.15, -0.1) is 11.3 Å². The summed E-state index contributed by atoms with van der Waals surface area (Å²) in [6.07, 6.45) is 3.80. The molecule has 2 nitrogen and oxygen atoms in total. The predicted molar refractivity (Wildman–Crippen MR) is 74.8 cm³/mol. The molecule has 0 unspecified atom stereocenters. The first-order valence-corrected chi connectivity index (χ1v) is 7.46. The van der Waals surface area contributed by atoms with E-state index in [1.165, 1.54) is 47.9 Å². The van der Waals surface area contributed by atoms with Crippen LogP contribution in [0.5, 0.6) is 0 Å². The van der Waals surface area contributed by atoms with Crippen molar-refractivity contribution < 1.29 is 0 Å². The molecular weight excluding hydrogens is 228 g/mol. The summed E-state index contributed by atoms with van der Waals surface area (Å²) in [4.78, 5) is 6.28. The zero-order chi connectivity index (χ0) is 12.5. The van der Waals surface area contributed by atoms with E-state index in [9.17, 15) is 0 Å². The van der Waals surface area contributed by atoms with E-state index in [0.717, 1.165) is 5.92 Å². The van der Waals surface area contributed by atoms with Gasteiger partial charge in [0.2, 0.25) is 0 Å². The first-order valence-electron chi connectivity index (χ1n) is 6.64. The van der Waals surface area contributed by atoms with E-state index in [-0.39, 0.29) is 5.41 Å². The van der Waals surface area contributed by atoms with Crippen molar-refractivity contribution in [1.29, 1.82) is 0 Å². The fourth-order valence-electron chi connectivity index (χ4n) is 2.57. The lowest BCUT2D eigenvalue weighted by Gasteiger charge is -2.21. The third-order valence-electron chi connectivity index (χ3n) is 3.47. The molecule has 2 rings (SSSR count). The van der Waals surface area contributed by atoms with Gasteiger partial charge in [0.25, 0.3) is 0 Å². The maximum Gasteiger partial charge on any atom is 0.0934 e. The normalized spacial score (nSPS) is 18.6. The smallest absolute Gasteiger partial charge is 0.0934 e. The van der Waals surface area contributed by atoms with Crippen LogP contribution in [0.1, 0.15) is 49.2 Å². The Hall–Kier alpha value is -0.410. The average molecular weight is 252 g/mol. The molecule has 1 aromatic rings. The van der Waals surface area contributed by atoms with Crippen LogP contribution in [-0.2, 0) is 11.8 Å². The molecule has 1 aliphatic rings. The minimum atomic E-state index is 0.187. The van der Waals surface area contributed by atoms with Crippen molar-refractivity contribution in [2.75, 3.05) is 13.1 Å². The Labute approximate surface area is 109 Å². The first-order chi connectivity index (χ1) is 7.97. The van der Waals surface area contributed by atoms with Gasteiger partial charge in [0.15, 0.2) is 0 Å². The number of nitrogens with zero attached hydrogens (tertiary/aromatic N) is 1. The number of hydrogen-bond donors (Lipinski definition) is 1. The van der Waals surface area contributed by atoms with Gasteiger partial charge in [-0.2, -0.15) is 0 Å². The topological polar surface area (TPSA) is 24.9 Å². The zero-order valence-electron chi connectivity index (χ0n) is 11.5. The highest BCUT2D eigenvalue weighted by molar-refractivity contribution is 7.11. The van der Waals surface area contributed by atoms with Gasteiger partial charge in [-0.3, -0.25) is 0 Å². The van der Waals surface area contributed by atoms with E-state index in [4.69, 9.17) is 4.98 Å². The lowest BCUT2D eigenvalue weighted by Crippen LogP contribution is -2.28. The molecule has 1 saturated heterocycles. The summed E-state index contributed by atoms with van der Waals surface area (Å²) in [6, 6.07) is 0. The monoisotopic (exact) mass is 252 g/mol. The number of aromatic nitrogens is 1. The lowest BCUT2D eigenvalue weighted by molar-refractivity contribution is 0.372. The minimum Gasteiger partial charge on any atom is -0.317 e. The third kappa shape index (κ3) is 3.29. The van der Waals surface area contributed by atoms with Gasteiger partial charge in [0, 0.05) is 16.7 Å². The molecule has 0 spiro atoms. The van der Waals surface area contributed by atoms with Crippen LogP contribution in [0.15, 0.2) is 0 Å². The Bertz CT molecular complexity index is 370. The van der Waals surface area contributed by atoms with Gasteiger partial charge in [0.05, 0.1) is 10.7 Å². The van der Waals surface area contributed by atoms with E-state index >= 15 is 0 Å². The van der Waals surface area contributed by atoms with Crippen LogP contribution in [0, 0.1) is 12.8 Å². The average Bonchev–Trinajstić information content (AvgIpc) is 2.60. The number of piperidine rings is 1. The van der Waals surface area contributed by atoms with E-state index in [1.807, 2.05) is 11.3 Å². The van der Waals surface area contributed by atoms with Gasteiger partial charge in [0.1, 0.15) is 0 Å². The number of thiazole rings is 1. The Morgan fingerprint density at radius 2 is 1.94 bits per heavy atom. The lowest BCUT2D eigenvalue weighted by atomic mass is 9.91. The molecule has 0 bridgehead atoms. The first kappa shape index (κ1) is 13.0. The van der Waals surface area contributed by atoms with Crippen LogP contribution in [0.25, 0.3) is 0 Å². The van der Waals surface area contributed by atoms with E-state index in [0.29, 0.717) is 0 Å². The van der Waals surface area contributed by atoms with E-state index < -0.39 is 0 Å². The van der Waals surface area contributed by atoms with Crippen molar-refractivity contribution in [3.05, 3.63) is 15.6 Å². The summed E-state index contributed by atoms with van der Waals surface area (Å²) in [5.74, 6) is 0.842. The zero-order valence-corrected chi connectivity index (χ0v) is 12.3. The number of rotatable bonds is 2. The molecule has 0 aromatic carbocycles.